The molecule has 0 saturated carbocycles. The molecule has 56 valence electrons. The smallest absolute Gasteiger partial charge is 0.176 e. The lowest BCUT2D eigenvalue weighted by molar-refractivity contribution is 0.774. The lowest BCUT2D eigenvalue weighted by atomic mass is 10.4. The SMILES string of the molecule is Cc1nn(C)c2nccnc12. The van der Waals surface area contributed by atoms with E-state index in [0.29, 0.717) is 0 Å². The molecule has 2 aromatic rings. The van der Waals surface area contributed by atoms with Crippen molar-refractivity contribution >= 4 is 11.2 Å². The first-order valence-electron chi connectivity index (χ1n) is 3.39. The molecule has 0 aliphatic carbocycles. The predicted octanol–water partition coefficient (Wildman–Crippen LogP) is 0.672. The van der Waals surface area contributed by atoms with E-state index in [9.17, 15) is 0 Å². The van der Waals surface area contributed by atoms with Gasteiger partial charge in [0.25, 0.3) is 0 Å². The normalized spacial score (nSPS) is 10.7. The standard InChI is InChI=1S/C7H8N4/c1-5-6-7(11(2)10-5)9-4-3-8-6/h3-4H,1-2H3. The van der Waals surface area contributed by atoms with Gasteiger partial charge >= 0.3 is 0 Å². The van der Waals surface area contributed by atoms with Crippen LogP contribution in [-0.4, -0.2) is 19.7 Å². The second-order valence-electron chi connectivity index (χ2n) is 2.44. The van der Waals surface area contributed by atoms with E-state index in [-0.39, 0.29) is 0 Å². The third-order valence-corrected chi connectivity index (χ3v) is 1.63. The summed E-state index contributed by atoms with van der Waals surface area (Å²) in [6.45, 7) is 1.93. The van der Waals surface area contributed by atoms with Crippen LogP contribution < -0.4 is 0 Å². The molecule has 4 nitrogen and oxygen atoms in total. The van der Waals surface area contributed by atoms with E-state index < -0.39 is 0 Å². The van der Waals surface area contributed by atoms with Gasteiger partial charge in [0, 0.05) is 19.4 Å². The number of hydrogen-bond acceptors (Lipinski definition) is 3. The zero-order valence-electron chi connectivity index (χ0n) is 6.44. The first kappa shape index (κ1) is 6.27. The summed E-state index contributed by atoms with van der Waals surface area (Å²) >= 11 is 0. The minimum atomic E-state index is 0.838. The first-order valence-corrected chi connectivity index (χ1v) is 3.39. The Labute approximate surface area is 63.9 Å². The Kier molecular flexibility index (Phi) is 1.15. The molecular weight excluding hydrogens is 140 g/mol. The monoisotopic (exact) mass is 148 g/mol. The van der Waals surface area contributed by atoms with E-state index >= 15 is 0 Å². The van der Waals surface area contributed by atoms with Crippen LogP contribution in [0.5, 0.6) is 0 Å². The number of nitrogens with zero attached hydrogens (tertiary/aromatic N) is 4. The Morgan fingerprint density at radius 2 is 2.00 bits per heavy atom. The molecule has 0 fully saturated rings. The van der Waals surface area contributed by atoms with Crippen molar-refractivity contribution < 1.29 is 0 Å². The maximum atomic E-state index is 4.18. The lowest BCUT2D eigenvalue weighted by Crippen LogP contribution is -1.91. The molecule has 0 aliphatic heterocycles. The van der Waals surface area contributed by atoms with E-state index in [0.717, 1.165) is 16.9 Å². The fraction of sp³-hybridized carbons (Fsp3) is 0.286. The topological polar surface area (TPSA) is 43.6 Å². The maximum absolute atomic E-state index is 4.18. The summed E-state index contributed by atoms with van der Waals surface area (Å²) in [6, 6.07) is 0. The van der Waals surface area contributed by atoms with Gasteiger partial charge in [0.1, 0.15) is 5.52 Å². The Bertz CT molecular complexity index is 354. The number of aryl methyl sites for hydroxylation is 2. The Morgan fingerprint density at radius 3 is 2.73 bits per heavy atom. The molecule has 4 heteroatoms. The molecule has 0 unspecified atom stereocenters. The van der Waals surface area contributed by atoms with Gasteiger partial charge in [-0.1, -0.05) is 0 Å². The van der Waals surface area contributed by atoms with Crippen molar-refractivity contribution in [3.05, 3.63) is 18.1 Å². The quantitative estimate of drug-likeness (QED) is 0.551. The third-order valence-electron chi connectivity index (χ3n) is 1.63. The summed E-state index contributed by atoms with van der Waals surface area (Å²) in [7, 11) is 1.87. The van der Waals surface area contributed by atoms with Gasteiger partial charge in [0.2, 0.25) is 0 Å². The molecule has 0 radical (unpaired) electrons. The van der Waals surface area contributed by atoms with Gasteiger partial charge in [-0.15, -0.1) is 0 Å². The van der Waals surface area contributed by atoms with Crippen LogP contribution in [0.15, 0.2) is 12.4 Å². The second kappa shape index (κ2) is 2.02. The van der Waals surface area contributed by atoms with Gasteiger partial charge < -0.3 is 0 Å². The van der Waals surface area contributed by atoms with Gasteiger partial charge in [0.15, 0.2) is 5.65 Å². The Hall–Kier alpha value is -1.45. The molecule has 0 atom stereocenters. The van der Waals surface area contributed by atoms with Crippen LogP contribution >= 0.6 is 0 Å². The van der Waals surface area contributed by atoms with E-state index in [1.54, 1.807) is 17.1 Å². The molecule has 2 aromatic heterocycles. The molecule has 0 spiro atoms. The zero-order valence-corrected chi connectivity index (χ0v) is 6.44. The van der Waals surface area contributed by atoms with Crippen LogP contribution in [-0.2, 0) is 7.05 Å². The molecule has 0 bridgehead atoms. The van der Waals surface area contributed by atoms with Crippen molar-refractivity contribution in [3.8, 4) is 0 Å². The van der Waals surface area contributed by atoms with E-state index in [2.05, 4.69) is 15.1 Å². The number of hydrogen-bond donors (Lipinski definition) is 0. The highest BCUT2D eigenvalue weighted by Crippen LogP contribution is 2.09. The van der Waals surface area contributed by atoms with Gasteiger partial charge in [0.05, 0.1) is 5.69 Å². The largest absolute Gasteiger partial charge is 0.249 e. The van der Waals surface area contributed by atoms with Crippen LogP contribution in [0.4, 0.5) is 0 Å². The molecule has 0 saturated heterocycles. The second-order valence-corrected chi connectivity index (χ2v) is 2.44. The molecule has 2 heterocycles. The summed E-state index contributed by atoms with van der Waals surface area (Å²) < 4.78 is 1.73. The minimum Gasteiger partial charge on any atom is -0.249 e. The van der Waals surface area contributed by atoms with E-state index in [1.807, 2.05) is 14.0 Å². The average Bonchev–Trinajstić information content (AvgIpc) is 2.30. The van der Waals surface area contributed by atoms with Crippen LogP contribution in [0.2, 0.25) is 0 Å². The van der Waals surface area contributed by atoms with Crippen LogP contribution in [0, 0.1) is 6.92 Å². The van der Waals surface area contributed by atoms with Crippen molar-refractivity contribution in [1.82, 2.24) is 19.7 Å². The molecular formula is C7H8N4. The summed E-state index contributed by atoms with van der Waals surface area (Å²) in [5.74, 6) is 0. The van der Waals surface area contributed by atoms with Crippen LogP contribution in [0.1, 0.15) is 5.69 Å². The zero-order chi connectivity index (χ0) is 7.84. The van der Waals surface area contributed by atoms with Crippen molar-refractivity contribution in [2.75, 3.05) is 0 Å². The summed E-state index contributed by atoms with van der Waals surface area (Å²) in [5.41, 5.74) is 2.65. The van der Waals surface area contributed by atoms with Crippen molar-refractivity contribution in [2.24, 2.45) is 7.05 Å². The predicted molar refractivity (Wildman–Crippen MR) is 41.0 cm³/mol. The third kappa shape index (κ3) is 0.790. The van der Waals surface area contributed by atoms with Gasteiger partial charge in [-0.2, -0.15) is 5.10 Å². The fourth-order valence-corrected chi connectivity index (χ4v) is 1.14. The number of fused-ring (bicyclic) bond motifs is 1. The average molecular weight is 148 g/mol. The molecule has 0 N–H and O–H groups in total. The van der Waals surface area contributed by atoms with E-state index in [1.165, 1.54) is 0 Å². The molecule has 0 aliphatic rings. The van der Waals surface area contributed by atoms with Crippen molar-refractivity contribution in [2.45, 2.75) is 6.92 Å². The lowest BCUT2D eigenvalue weighted by Gasteiger charge is -1.88. The summed E-state index contributed by atoms with van der Waals surface area (Å²) in [4.78, 5) is 8.30. The van der Waals surface area contributed by atoms with Crippen LogP contribution in [0.3, 0.4) is 0 Å². The van der Waals surface area contributed by atoms with Crippen molar-refractivity contribution in [3.63, 3.8) is 0 Å². The fourth-order valence-electron chi connectivity index (χ4n) is 1.14. The van der Waals surface area contributed by atoms with Crippen molar-refractivity contribution in [1.29, 1.82) is 0 Å². The highest BCUT2D eigenvalue weighted by atomic mass is 15.3. The number of aromatic nitrogens is 4. The highest BCUT2D eigenvalue weighted by molar-refractivity contribution is 5.72. The maximum Gasteiger partial charge on any atom is 0.176 e. The number of rotatable bonds is 0. The first-order chi connectivity index (χ1) is 5.29. The minimum absolute atomic E-state index is 0.838. The van der Waals surface area contributed by atoms with Gasteiger partial charge in [-0.25, -0.2) is 14.6 Å². The molecule has 0 aromatic carbocycles. The van der Waals surface area contributed by atoms with Crippen LogP contribution in [0.25, 0.3) is 11.2 Å². The Morgan fingerprint density at radius 1 is 1.27 bits per heavy atom. The van der Waals surface area contributed by atoms with E-state index in [4.69, 9.17) is 0 Å². The Balaban J connectivity index is 2.95. The molecule has 11 heavy (non-hydrogen) atoms. The highest BCUT2D eigenvalue weighted by Gasteiger charge is 2.04. The molecule has 0 amide bonds. The molecule has 2 rings (SSSR count). The summed E-state index contributed by atoms with van der Waals surface area (Å²) in [6.07, 6.45) is 3.35. The van der Waals surface area contributed by atoms with Gasteiger partial charge in [-0.05, 0) is 6.92 Å². The summed E-state index contributed by atoms with van der Waals surface area (Å²) in [5, 5.41) is 4.18. The van der Waals surface area contributed by atoms with Gasteiger partial charge in [-0.3, -0.25) is 0 Å².